The summed E-state index contributed by atoms with van der Waals surface area (Å²) >= 11 is 0. The number of aliphatic hydroxyl groups excluding tert-OH is 1. The Morgan fingerprint density at radius 3 is 2.40 bits per heavy atom. The first-order valence-corrected chi connectivity index (χ1v) is 19.6. The summed E-state index contributed by atoms with van der Waals surface area (Å²) in [5, 5.41) is 33.6. The lowest BCUT2D eigenvalue weighted by Gasteiger charge is -2.38. The molecule has 0 radical (unpaired) electrons. The lowest BCUT2D eigenvalue weighted by molar-refractivity contribution is 0.0199. The van der Waals surface area contributed by atoms with E-state index in [-0.39, 0.29) is 17.8 Å². The zero-order chi connectivity index (χ0) is 35.4. The van der Waals surface area contributed by atoms with Crippen LogP contribution in [0.25, 0.3) is 11.1 Å². The molecule has 2 aliphatic carbocycles. The van der Waals surface area contributed by atoms with Crippen LogP contribution in [0.5, 0.6) is 28.7 Å². The van der Waals surface area contributed by atoms with E-state index in [4.69, 9.17) is 14.2 Å². The van der Waals surface area contributed by atoms with E-state index < -0.39 is 12.2 Å². The maximum atomic E-state index is 11.8. The van der Waals surface area contributed by atoms with Crippen molar-refractivity contribution in [1.82, 2.24) is 0 Å². The van der Waals surface area contributed by atoms with Gasteiger partial charge in [0.1, 0.15) is 23.4 Å². The van der Waals surface area contributed by atoms with Crippen molar-refractivity contribution in [2.45, 2.75) is 148 Å². The van der Waals surface area contributed by atoms with Crippen molar-refractivity contribution in [3.05, 3.63) is 64.2 Å². The number of benzene rings is 3. The van der Waals surface area contributed by atoms with Gasteiger partial charge in [0.15, 0.2) is 11.5 Å². The third-order valence-corrected chi connectivity index (χ3v) is 11.4. The number of aromatic hydroxyl groups is 2. The van der Waals surface area contributed by atoms with Gasteiger partial charge in [-0.15, -0.1) is 0 Å². The van der Waals surface area contributed by atoms with Gasteiger partial charge in [-0.05, 0) is 115 Å². The highest BCUT2D eigenvalue weighted by Crippen LogP contribution is 2.54. The average molecular weight is 685 g/mol. The standard InChI is InChI=1S/C44H60O6/c1-6-7-9-13-28(4)14-12-15-29-21-31-23-37(46)32(20-27(2)3)22-34(31)43-41(48-5)26-39-35(42(29)43)25-38(47)44(50-39)30-18-19-36(45)40(24-30)49-33-16-10-8-11-17-33/h18-19,22-24,26-29,33,38,44-47H,6-17,20-21,25H2,1-5H3/t28-,29+,38+,44-/m0/s1. The Morgan fingerprint density at radius 2 is 1.66 bits per heavy atom. The molecule has 0 bridgehead atoms. The van der Waals surface area contributed by atoms with Crippen molar-refractivity contribution in [3.63, 3.8) is 0 Å². The van der Waals surface area contributed by atoms with E-state index in [1.807, 2.05) is 24.3 Å². The number of methoxy groups -OCH3 is 1. The Morgan fingerprint density at radius 1 is 0.880 bits per heavy atom. The van der Waals surface area contributed by atoms with Crippen LogP contribution >= 0.6 is 0 Å². The van der Waals surface area contributed by atoms with Crippen molar-refractivity contribution in [2.24, 2.45) is 11.8 Å². The highest BCUT2D eigenvalue weighted by molar-refractivity contribution is 5.83. The monoisotopic (exact) mass is 684 g/mol. The summed E-state index contributed by atoms with van der Waals surface area (Å²) in [6.45, 7) is 9.01. The maximum Gasteiger partial charge on any atom is 0.161 e. The van der Waals surface area contributed by atoms with E-state index >= 15 is 0 Å². The van der Waals surface area contributed by atoms with E-state index in [0.717, 1.165) is 96.2 Å². The van der Waals surface area contributed by atoms with Gasteiger partial charge in [0, 0.05) is 23.6 Å². The summed E-state index contributed by atoms with van der Waals surface area (Å²) in [5.41, 5.74) is 7.40. The second kappa shape index (κ2) is 16.3. The molecule has 0 spiro atoms. The van der Waals surface area contributed by atoms with Crippen LogP contribution in [-0.4, -0.2) is 34.6 Å². The molecule has 0 aromatic heterocycles. The lowest BCUT2D eigenvalue weighted by Crippen LogP contribution is -2.32. The van der Waals surface area contributed by atoms with Crippen molar-refractivity contribution < 1.29 is 29.5 Å². The Hall–Kier alpha value is -3.38. The molecule has 1 saturated carbocycles. The predicted molar refractivity (Wildman–Crippen MR) is 201 cm³/mol. The normalized spacial score (nSPS) is 20.8. The Balaban J connectivity index is 1.35. The number of hydrogen-bond donors (Lipinski definition) is 3. The SMILES string of the molecule is CCCCC[C@H](C)CCC[C@@H]1Cc2cc(O)c(CC(C)C)cc2-c2c(OC)cc3c(c21)C[C@@H](O)[C@H](c1ccc(O)c(OC2CCCCC2)c1)O3. The average Bonchev–Trinajstić information content (AvgIpc) is 3.09. The minimum absolute atomic E-state index is 0.0979. The first-order chi connectivity index (χ1) is 24.2. The van der Waals surface area contributed by atoms with Gasteiger partial charge < -0.3 is 29.5 Å². The highest BCUT2D eigenvalue weighted by Gasteiger charge is 2.38. The van der Waals surface area contributed by atoms with Gasteiger partial charge in [0.25, 0.3) is 0 Å². The van der Waals surface area contributed by atoms with E-state index in [2.05, 4.69) is 33.8 Å². The zero-order valence-electron chi connectivity index (χ0n) is 31.1. The van der Waals surface area contributed by atoms with Crippen LogP contribution in [0.1, 0.15) is 145 Å². The van der Waals surface area contributed by atoms with Crippen LogP contribution in [0, 0.1) is 11.8 Å². The number of hydrogen-bond acceptors (Lipinski definition) is 6. The summed E-state index contributed by atoms with van der Waals surface area (Å²) in [6.07, 6.45) is 14.8. The fourth-order valence-electron chi connectivity index (χ4n) is 8.78. The molecular weight excluding hydrogens is 624 g/mol. The molecule has 1 heterocycles. The zero-order valence-corrected chi connectivity index (χ0v) is 31.1. The van der Waals surface area contributed by atoms with Crippen molar-refractivity contribution in [2.75, 3.05) is 7.11 Å². The molecule has 6 heteroatoms. The molecule has 1 fully saturated rings. The smallest absolute Gasteiger partial charge is 0.161 e. The van der Waals surface area contributed by atoms with Gasteiger partial charge in [0.05, 0.1) is 19.3 Å². The Labute approximate surface area is 300 Å². The van der Waals surface area contributed by atoms with E-state index in [1.165, 1.54) is 44.1 Å². The van der Waals surface area contributed by atoms with Crippen LogP contribution < -0.4 is 14.2 Å². The number of ether oxygens (including phenoxy) is 3. The summed E-state index contributed by atoms with van der Waals surface area (Å²) in [7, 11) is 1.72. The maximum absolute atomic E-state index is 11.8. The van der Waals surface area contributed by atoms with Crippen LogP contribution in [0.4, 0.5) is 0 Å². The molecule has 3 aliphatic rings. The number of aliphatic hydroxyl groups is 1. The Bertz CT molecular complexity index is 1600. The van der Waals surface area contributed by atoms with Gasteiger partial charge in [-0.25, -0.2) is 0 Å². The number of phenolic OH excluding ortho intramolecular Hbond substituents is 2. The summed E-state index contributed by atoms with van der Waals surface area (Å²) in [5.74, 6) is 3.79. The van der Waals surface area contributed by atoms with Crippen molar-refractivity contribution >= 4 is 0 Å². The largest absolute Gasteiger partial charge is 0.508 e. The third-order valence-electron chi connectivity index (χ3n) is 11.4. The van der Waals surface area contributed by atoms with Gasteiger partial charge >= 0.3 is 0 Å². The minimum Gasteiger partial charge on any atom is -0.508 e. The topological polar surface area (TPSA) is 88.4 Å². The van der Waals surface area contributed by atoms with Crippen LogP contribution in [0.2, 0.25) is 0 Å². The first kappa shape index (κ1) is 36.4. The van der Waals surface area contributed by atoms with Crippen LogP contribution in [0.3, 0.4) is 0 Å². The van der Waals surface area contributed by atoms with E-state index in [9.17, 15) is 15.3 Å². The molecular formula is C44H60O6. The summed E-state index contributed by atoms with van der Waals surface area (Å²) in [4.78, 5) is 0. The van der Waals surface area contributed by atoms with E-state index in [0.29, 0.717) is 29.8 Å². The fraction of sp³-hybridized carbons (Fsp3) is 0.591. The molecule has 0 amide bonds. The van der Waals surface area contributed by atoms with Gasteiger partial charge in [0.2, 0.25) is 0 Å². The minimum atomic E-state index is -0.774. The summed E-state index contributed by atoms with van der Waals surface area (Å²) in [6, 6.07) is 11.5. The third kappa shape index (κ3) is 8.06. The predicted octanol–water partition coefficient (Wildman–Crippen LogP) is 10.7. The second-order valence-electron chi connectivity index (χ2n) is 15.9. The molecule has 6 rings (SSSR count). The van der Waals surface area contributed by atoms with Gasteiger partial charge in [-0.3, -0.25) is 0 Å². The number of unbranched alkanes of at least 4 members (excludes halogenated alkanes) is 2. The molecule has 1 aliphatic heterocycles. The van der Waals surface area contributed by atoms with Crippen LogP contribution in [0.15, 0.2) is 36.4 Å². The first-order valence-electron chi connectivity index (χ1n) is 19.6. The van der Waals surface area contributed by atoms with Crippen molar-refractivity contribution in [1.29, 1.82) is 0 Å². The molecule has 0 unspecified atom stereocenters. The molecule has 3 aromatic rings. The molecule has 4 atom stereocenters. The molecule has 0 saturated heterocycles. The molecule has 50 heavy (non-hydrogen) atoms. The Kier molecular flexibility index (Phi) is 11.9. The van der Waals surface area contributed by atoms with Crippen molar-refractivity contribution in [3.8, 4) is 39.9 Å². The number of rotatable bonds is 14. The van der Waals surface area contributed by atoms with E-state index in [1.54, 1.807) is 13.2 Å². The number of fused-ring (bicyclic) bond motifs is 5. The molecule has 3 N–H and O–H groups in total. The van der Waals surface area contributed by atoms with Gasteiger partial charge in [-0.1, -0.05) is 78.7 Å². The second-order valence-corrected chi connectivity index (χ2v) is 15.9. The molecule has 272 valence electrons. The van der Waals surface area contributed by atoms with Crippen LogP contribution in [-0.2, 0) is 19.3 Å². The lowest BCUT2D eigenvalue weighted by atomic mass is 9.72. The number of phenols is 2. The fourth-order valence-corrected chi connectivity index (χ4v) is 8.78. The molecule has 3 aromatic carbocycles. The molecule has 6 nitrogen and oxygen atoms in total. The summed E-state index contributed by atoms with van der Waals surface area (Å²) < 4.78 is 19.2. The van der Waals surface area contributed by atoms with Gasteiger partial charge in [-0.2, -0.15) is 0 Å². The highest BCUT2D eigenvalue weighted by atomic mass is 16.5. The quantitative estimate of drug-likeness (QED) is 0.147.